The van der Waals surface area contributed by atoms with Gasteiger partial charge in [0.2, 0.25) is 0 Å². The zero-order valence-electron chi connectivity index (χ0n) is 9.74. The molecule has 0 saturated heterocycles. The molecule has 0 saturated carbocycles. The van der Waals surface area contributed by atoms with Crippen molar-refractivity contribution < 1.29 is 19.4 Å². The normalized spacial score (nSPS) is 9.94. The molecule has 0 spiro atoms. The van der Waals surface area contributed by atoms with Crippen molar-refractivity contribution in [3.8, 4) is 17.2 Å². The summed E-state index contributed by atoms with van der Waals surface area (Å²) in [7, 11) is 1.47. The van der Waals surface area contributed by atoms with Crippen LogP contribution in [0.3, 0.4) is 0 Å². The third kappa shape index (κ3) is 2.89. The van der Waals surface area contributed by atoms with Gasteiger partial charge in [-0.1, -0.05) is 6.92 Å². The van der Waals surface area contributed by atoms with E-state index in [2.05, 4.69) is 0 Å². The first-order valence-electron chi connectivity index (χ1n) is 5.16. The van der Waals surface area contributed by atoms with E-state index in [1.54, 1.807) is 13.0 Å². The van der Waals surface area contributed by atoms with Gasteiger partial charge in [0.05, 0.1) is 7.11 Å². The quantitative estimate of drug-likeness (QED) is 0.630. The molecule has 0 bridgehead atoms. The Morgan fingerprint density at radius 2 is 2.06 bits per heavy atom. The van der Waals surface area contributed by atoms with Crippen LogP contribution in [-0.2, 0) is 4.79 Å². The van der Waals surface area contributed by atoms with Gasteiger partial charge in [-0.05, 0) is 25.0 Å². The van der Waals surface area contributed by atoms with Gasteiger partial charge in [-0.15, -0.1) is 0 Å². The van der Waals surface area contributed by atoms with Crippen LogP contribution in [0, 0.1) is 6.92 Å². The summed E-state index contributed by atoms with van der Waals surface area (Å²) in [6, 6.07) is 3.02. The van der Waals surface area contributed by atoms with E-state index < -0.39 is 0 Å². The van der Waals surface area contributed by atoms with Crippen LogP contribution in [0.5, 0.6) is 17.2 Å². The molecular weight excluding hydrogens is 208 g/mol. The standard InChI is InChI=1S/C12H16O4/c1-4-5-12(14)16-10-7-9(13)11(15-3)6-8(10)2/h6-7,13H,4-5H2,1-3H3. The summed E-state index contributed by atoms with van der Waals surface area (Å²) in [6.07, 6.45) is 1.10. The molecule has 4 heteroatoms. The predicted octanol–water partition coefficient (Wildman–Crippen LogP) is 2.41. The summed E-state index contributed by atoms with van der Waals surface area (Å²) < 4.78 is 10.1. The number of hydrogen-bond acceptors (Lipinski definition) is 4. The molecule has 0 aliphatic heterocycles. The maximum atomic E-state index is 11.3. The second-order valence-electron chi connectivity index (χ2n) is 3.51. The maximum Gasteiger partial charge on any atom is 0.311 e. The Hall–Kier alpha value is -1.71. The number of phenolic OH excluding ortho intramolecular Hbond substituents is 1. The van der Waals surface area contributed by atoms with Gasteiger partial charge < -0.3 is 14.6 Å². The van der Waals surface area contributed by atoms with Crippen LogP contribution >= 0.6 is 0 Å². The Morgan fingerprint density at radius 3 is 2.62 bits per heavy atom. The van der Waals surface area contributed by atoms with E-state index in [9.17, 15) is 9.90 Å². The van der Waals surface area contributed by atoms with E-state index in [1.807, 2.05) is 6.92 Å². The number of carbonyl (C=O) groups excluding carboxylic acids is 1. The van der Waals surface area contributed by atoms with Crippen LogP contribution in [0.2, 0.25) is 0 Å². The molecule has 0 fully saturated rings. The summed E-state index contributed by atoms with van der Waals surface area (Å²) in [5.41, 5.74) is 0.749. The minimum Gasteiger partial charge on any atom is -0.504 e. The summed E-state index contributed by atoms with van der Waals surface area (Å²) in [4.78, 5) is 11.3. The highest BCUT2D eigenvalue weighted by atomic mass is 16.5. The van der Waals surface area contributed by atoms with Gasteiger partial charge in [0.1, 0.15) is 5.75 Å². The molecule has 1 aromatic rings. The molecule has 1 N–H and O–H groups in total. The largest absolute Gasteiger partial charge is 0.504 e. The Kier molecular flexibility index (Phi) is 4.17. The number of aryl methyl sites for hydroxylation is 1. The van der Waals surface area contributed by atoms with Crippen molar-refractivity contribution in [1.82, 2.24) is 0 Å². The average Bonchev–Trinajstić information content (AvgIpc) is 2.23. The van der Waals surface area contributed by atoms with E-state index in [0.29, 0.717) is 17.9 Å². The van der Waals surface area contributed by atoms with Gasteiger partial charge >= 0.3 is 5.97 Å². The molecule has 0 atom stereocenters. The maximum absolute atomic E-state index is 11.3. The second-order valence-corrected chi connectivity index (χ2v) is 3.51. The van der Waals surface area contributed by atoms with E-state index in [0.717, 1.165) is 12.0 Å². The number of ether oxygens (including phenoxy) is 2. The van der Waals surface area contributed by atoms with Crippen molar-refractivity contribution in [3.05, 3.63) is 17.7 Å². The van der Waals surface area contributed by atoms with Crippen molar-refractivity contribution in [3.63, 3.8) is 0 Å². The van der Waals surface area contributed by atoms with E-state index in [-0.39, 0.29) is 11.7 Å². The minimum absolute atomic E-state index is 0.0348. The minimum atomic E-state index is -0.296. The fraction of sp³-hybridized carbons (Fsp3) is 0.417. The highest BCUT2D eigenvalue weighted by Gasteiger charge is 2.11. The second kappa shape index (κ2) is 5.39. The van der Waals surface area contributed by atoms with Gasteiger partial charge in [-0.2, -0.15) is 0 Å². The van der Waals surface area contributed by atoms with E-state index in [1.165, 1.54) is 13.2 Å². The molecule has 4 nitrogen and oxygen atoms in total. The molecule has 0 aromatic heterocycles. The molecule has 16 heavy (non-hydrogen) atoms. The lowest BCUT2D eigenvalue weighted by atomic mass is 10.2. The third-order valence-corrected chi connectivity index (χ3v) is 2.15. The van der Waals surface area contributed by atoms with E-state index in [4.69, 9.17) is 9.47 Å². The SMILES string of the molecule is CCCC(=O)Oc1cc(O)c(OC)cc1C. The highest BCUT2D eigenvalue weighted by Crippen LogP contribution is 2.33. The summed E-state index contributed by atoms with van der Waals surface area (Å²) in [5.74, 6) is 0.409. The molecule has 1 aromatic carbocycles. The molecule has 0 aliphatic carbocycles. The van der Waals surface area contributed by atoms with Gasteiger partial charge in [0, 0.05) is 12.5 Å². The molecule has 0 amide bonds. The number of carbonyl (C=O) groups is 1. The number of aromatic hydroxyl groups is 1. The van der Waals surface area contributed by atoms with Crippen LogP contribution < -0.4 is 9.47 Å². The number of phenols is 1. The average molecular weight is 224 g/mol. The fourth-order valence-corrected chi connectivity index (χ4v) is 1.30. The number of esters is 1. The topological polar surface area (TPSA) is 55.8 Å². The predicted molar refractivity (Wildman–Crippen MR) is 59.9 cm³/mol. The molecule has 1 rings (SSSR count). The van der Waals surface area contributed by atoms with Crippen LogP contribution in [-0.4, -0.2) is 18.2 Å². The first-order valence-corrected chi connectivity index (χ1v) is 5.16. The zero-order valence-corrected chi connectivity index (χ0v) is 9.74. The van der Waals surface area contributed by atoms with Gasteiger partial charge in [-0.3, -0.25) is 4.79 Å². The molecule has 0 unspecified atom stereocenters. The van der Waals surface area contributed by atoms with Gasteiger partial charge in [-0.25, -0.2) is 0 Å². The van der Waals surface area contributed by atoms with Gasteiger partial charge in [0.25, 0.3) is 0 Å². The Bertz CT molecular complexity index is 385. The Labute approximate surface area is 94.8 Å². The molecule has 0 radical (unpaired) electrons. The molecule has 88 valence electrons. The van der Waals surface area contributed by atoms with Crippen molar-refractivity contribution >= 4 is 5.97 Å². The lowest BCUT2D eigenvalue weighted by Crippen LogP contribution is -2.07. The van der Waals surface area contributed by atoms with Crippen LogP contribution in [0.1, 0.15) is 25.3 Å². The summed E-state index contributed by atoms with van der Waals surface area (Å²) >= 11 is 0. The first kappa shape index (κ1) is 12.4. The number of methoxy groups -OCH3 is 1. The first-order chi connectivity index (χ1) is 7.58. The molecule has 0 aliphatic rings. The molecule has 0 heterocycles. The lowest BCUT2D eigenvalue weighted by Gasteiger charge is -2.10. The summed E-state index contributed by atoms with van der Waals surface area (Å²) in [5, 5.41) is 9.54. The van der Waals surface area contributed by atoms with Gasteiger partial charge in [0.15, 0.2) is 11.5 Å². The molecular formula is C12H16O4. The smallest absolute Gasteiger partial charge is 0.311 e. The number of benzene rings is 1. The monoisotopic (exact) mass is 224 g/mol. The van der Waals surface area contributed by atoms with Crippen molar-refractivity contribution in [2.75, 3.05) is 7.11 Å². The van der Waals surface area contributed by atoms with Crippen LogP contribution in [0.4, 0.5) is 0 Å². The van der Waals surface area contributed by atoms with E-state index >= 15 is 0 Å². The van der Waals surface area contributed by atoms with Crippen molar-refractivity contribution in [2.45, 2.75) is 26.7 Å². The lowest BCUT2D eigenvalue weighted by molar-refractivity contribution is -0.134. The summed E-state index contributed by atoms with van der Waals surface area (Å²) in [6.45, 7) is 3.69. The number of hydrogen-bond donors (Lipinski definition) is 1. The third-order valence-electron chi connectivity index (χ3n) is 2.15. The van der Waals surface area contributed by atoms with Crippen LogP contribution in [0.15, 0.2) is 12.1 Å². The fourth-order valence-electron chi connectivity index (χ4n) is 1.30. The van der Waals surface area contributed by atoms with Crippen LogP contribution in [0.25, 0.3) is 0 Å². The number of rotatable bonds is 4. The van der Waals surface area contributed by atoms with Crippen molar-refractivity contribution in [1.29, 1.82) is 0 Å². The Balaban J connectivity index is 2.89. The van der Waals surface area contributed by atoms with Crippen molar-refractivity contribution in [2.24, 2.45) is 0 Å². The highest BCUT2D eigenvalue weighted by molar-refractivity contribution is 5.73. The zero-order chi connectivity index (χ0) is 12.1. The Morgan fingerprint density at radius 1 is 1.38 bits per heavy atom.